The van der Waals surface area contributed by atoms with Crippen LogP contribution < -0.4 is 30.1 Å². The number of nitrogens with zero attached hydrogens (tertiary/aromatic N) is 4. The number of hydrogen-bond donors (Lipinski definition) is 5. The second-order valence-corrected chi connectivity index (χ2v) is 19.5. The summed E-state index contributed by atoms with van der Waals surface area (Å²) in [5.41, 5.74) is 0.633. The van der Waals surface area contributed by atoms with Gasteiger partial charge in [-0.15, -0.1) is 17.9 Å². The van der Waals surface area contributed by atoms with Crippen molar-refractivity contribution in [2.24, 2.45) is 5.92 Å². The molecule has 2 aromatic heterocycles. The zero-order valence-corrected chi connectivity index (χ0v) is 39.9. The predicted molar refractivity (Wildman–Crippen MR) is 256 cm³/mol. The van der Waals surface area contributed by atoms with Crippen molar-refractivity contribution in [3.8, 4) is 22.9 Å². The minimum atomic E-state index is -1.27. The van der Waals surface area contributed by atoms with Crippen molar-refractivity contribution in [1.82, 2.24) is 29.8 Å². The van der Waals surface area contributed by atoms with Crippen molar-refractivity contribution in [3.63, 3.8) is 0 Å². The zero-order chi connectivity index (χ0) is 46.9. The molecule has 1 aliphatic carbocycles. The molecule has 0 radical (unpaired) electrons. The van der Waals surface area contributed by atoms with Crippen molar-refractivity contribution in [3.05, 3.63) is 66.6 Å². The quantitative estimate of drug-likeness (QED) is 0.0291. The second-order valence-electron chi connectivity index (χ2n) is 17.8. The summed E-state index contributed by atoms with van der Waals surface area (Å²) in [4.78, 5) is 67.2. The van der Waals surface area contributed by atoms with Crippen LogP contribution in [0.25, 0.3) is 22.3 Å². The van der Waals surface area contributed by atoms with Crippen LogP contribution in [0.5, 0.6) is 11.5 Å². The number of unbranched alkanes of at least 4 members (excludes halogenated alkanes) is 1. The van der Waals surface area contributed by atoms with E-state index < -0.39 is 41.3 Å². The van der Waals surface area contributed by atoms with Gasteiger partial charge >= 0.3 is 12.1 Å². The number of aromatic nitrogens is 2. The Labute approximate surface area is 389 Å². The summed E-state index contributed by atoms with van der Waals surface area (Å²) in [5.74, 6) is -0.861. The Morgan fingerprint density at radius 3 is 2.55 bits per heavy atom. The lowest BCUT2D eigenvalue weighted by atomic mass is 10.1. The van der Waals surface area contributed by atoms with Crippen LogP contribution in [0.2, 0.25) is 0 Å². The van der Waals surface area contributed by atoms with E-state index >= 15 is 0 Å². The number of para-hydroxylation sites is 1. The lowest BCUT2D eigenvalue weighted by Gasteiger charge is -2.29. The van der Waals surface area contributed by atoms with E-state index in [0.717, 1.165) is 41.6 Å². The lowest BCUT2D eigenvalue weighted by molar-refractivity contribution is -0.137. The van der Waals surface area contributed by atoms with Gasteiger partial charge in [-0.25, -0.2) is 14.8 Å². The number of hydrogen-bond acceptors (Lipinski definition) is 14. The molecule has 2 aliphatic rings. The minimum Gasteiger partial charge on any atom is -0.497 e. The third kappa shape index (κ3) is 13.0. The highest BCUT2D eigenvalue weighted by atomic mass is 32.2. The Morgan fingerprint density at radius 1 is 1.08 bits per heavy atom. The van der Waals surface area contributed by atoms with Crippen LogP contribution in [0.4, 0.5) is 15.6 Å². The maximum absolute atomic E-state index is 14.5. The average Bonchev–Trinajstić information content (AvgIpc) is 3.51. The molecule has 2 fully saturated rings. The monoisotopic (exact) mass is 930 g/mol. The summed E-state index contributed by atoms with van der Waals surface area (Å²) in [6.45, 7) is 15.7. The van der Waals surface area contributed by atoms with Crippen molar-refractivity contribution in [1.29, 1.82) is 0 Å². The molecule has 350 valence electrons. The standard InChI is InChI=1S/C47H62N8O8S2/c1-9-30-26-47(30,43(59)53-65-40-16-11-10-15-34(40)48-20-12-13-21-54(7)22-14-17-41(56)57)52-42(58)38-24-32(27-55(38)45(60)63-46(4,5)6)62-39-25-36(37-28-64-44(51-37)49-29(2)3)50-35-23-31(61-8)18-19-33(35)39/h9-11,15-16,18-19,23,25,28-30,32,38,48H,1,12-14,17,20-22,24,26-27H2,2-8H3,(H,49,51)(H,52,58)(H,53,59)(H,56,57)/t30-,32-,38+,47-/m1/s1. The molecule has 0 unspecified atom stereocenters. The van der Waals surface area contributed by atoms with Gasteiger partial charge in [0, 0.05) is 59.9 Å². The highest BCUT2D eigenvalue weighted by Crippen LogP contribution is 2.46. The molecule has 16 nitrogen and oxygen atoms in total. The Kier molecular flexibility index (Phi) is 16.2. The van der Waals surface area contributed by atoms with Gasteiger partial charge < -0.3 is 40.2 Å². The van der Waals surface area contributed by atoms with Gasteiger partial charge in [-0.2, -0.15) is 0 Å². The number of nitrogens with one attached hydrogen (secondary N) is 4. The van der Waals surface area contributed by atoms with Crippen LogP contribution in [0.3, 0.4) is 0 Å². The largest absolute Gasteiger partial charge is 0.497 e. The van der Waals surface area contributed by atoms with Gasteiger partial charge in [0.1, 0.15) is 40.5 Å². The smallest absolute Gasteiger partial charge is 0.411 e. The number of methoxy groups -OCH3 is 1. The van der Waals surface area contributed by atoms with Crippen LogP contribution in [0, 0.1) is 5.92 Å². The number of rotatable bonds is 22. The fourth-order valence-electron chi connectivity index (χ4n) is 7.64. The van der Waals surface area contributed by atoms with E-state index in [1.54, 1.807) is 34.0 Å². The first kappa shape index (κ1) is 48.9. The maximum Gasteiger partial charge on any atom is 0.411 e. The second kappa shape index (κ2) is 21.6. The molecule has 1 saturated carbocycles. The van der Waals surface area contributed by atoms with Crippen molar-refractivity contribution < 1.29 is 38.5 Å². The van der Waals surface area contributed by atoms with Crippen LogP contribution in [0.15, 0.2) is 71.5 Å². The Bertz CT molecular complexity index is 2340. The SMILES string of the molecule is C=C[C@@H]1C[C@]1(NC(=O)[C@@H]1C[C@@H](Oc2cc(-c3csc(NC(C)C)n3)nc3cc(OC)ccc23)CN1C(=O)OC(C)(C)C)C(=O)NSc1ccccc1NCCCCN(C)CCCC(=O)O. The molecule has 0 bridgehead atoms. The molecule has 2 aromatic carbocycles. The molecule has 4 aromatic rings. The Balaban J connectivity index is 1.15. The summed E-state index contributed by atoms with van der Waals surface area (Å²) >= 11 is 2.64. The predicted octanol–water partition coefficient (Wildman–Crippen LogP) is 7.82. The number of amides is 3. The first-order chi connectivity index (χ1) is 31.0. The third-order valence-corrected chi connectivity index (χ3v) is 12.7. The van der Waals surface area contributed by atoms with Crippen LogP contribution >= 0.6 is 23.3 Å². The number of thiazole rings is 1. The van der Waals surface area contributed by atoms with Crippen LogP contribution in [-0.2, 0) is 19.1 Å². The fraction of sp³-hybridized carbons (Fsp3) is 0.489. The number of carbonyl (C=O) groups excluding carboxylic acids is 3. The van der Waals surface area contributed by atoms with E-state index in [4.69, 9.17) is 29.3 Å². The number of carbonyl (C=O) groups is 4. The molecular formula is C47H62N8O8S2. The highest BCUT2D eigenvalue weighted by Gasteiger charge is 2.61. The normalized spacial score (nSPS) is 19.2. The number of benzene rings is 2. The van der Waals surface area contributed by atoms with Crippen molar-refractivity contribution in [2.75, 3.05) is 51.0 Å². The Hall–Kier alpha value is -5.59. The highest BCUT2D eigenvalue weighted by molar-refractivity contribution is 7.98. The molecule has 6 rings (SSSR count). The number of carboxylic acids is 1. The van der Waals surface area contributed by atoms with Gasteiger partial charge in [-0.1, -0.05) is 18.2 Å². The number of fused-ring (bicyclic) bond motifs is 1. The fourth-order valence-corrected chi connectivity index (χ4v) is 9.28. The number of pyridine rings is 1. The molecule has 3 amide bonds. The van der Waals surface area contributed by atoms with E-state index in [0.29, 0.717) is 53.2 Å². The van der Waals surface area contributed by atoms with E-state index in [-0.39, 0.29) is 37.3 Å². The zero-order valence-electron chi connectivity index (χ0n) is 38.3. The first-order valence-electron chi connectivity index (χ1n) is 22.0. The van der Waals surface area contributed by atoms with Crippen LogP contribution in [-0.4, -0.2) is 118 Å². The minimum absolute atomic E-state index is 0.0503. The van der Waals surface area contributed by atoms with Crippen LogP contribution in [0.1, 0.15) is 73.1 Å². The Morgan fingerprint density at radius 2 is 1.85 bits per heavy atom. The van der Waals surface area contributed by atoms with E-state index in [1.807, 2.05) is 74.8 Å². The maximum atomic E-state index is 14.5. The molecule has 65 heavy (non-hydrogen) atoms. The lowest BCUT2D eigenvalue weighted by Crippen LogP contribution is -2.55. The first-order valence-corrected chi connectivity index (χ1v) is 23.7. The summed E-state index contributed by atoms with van der Waals surface area (Å²) in [6, 6.07) is 14.2. The number of aliphatic carboxylic acids is 1. The van der Waals surface area contributed by atoms with Gasteiger partial charge in [0.25, 0.3) is 5.91 Å². The van der Waals surface area contributed by atoms with Gasteiger partial charge in [0.2, 0.25) is 5.91 Å². The summed E-state index contributed by atoms with van der Waals surface area (Å²) in [7, 11) is 3.59. The number of ether oxygens (including phenoxy) is 3. The third-order valence-electron chi connectivity index (χ3n) is 11.0. The van der Waals surface area contributed by atoms with Gasteiger partial charge in [0.15, 0.2) is 5.13 Å². The number of carboxylic acid groups (broad SMARTS) is 1. The van der Waals surface area contributed by atoms with Gasteiger partial charge in [-0.05, 0) is 117 Å². The molecule has 1 aliphatic heterocycles. The topological polar surface area (TPSA) is 197 Å². The molecule has 18 heteroatoms. The number of anilines is 2. The van der Waals surface area contributed by atoms with E-state index in [2.05, 4.69) is 32.2 Å². The number of likely N-dealkylation sites (tertiary alicyclic amines) is 1. The molecule has 3 heterocycles. The summed E-state index contributed by atoms with van der Waals surface area (Å²) in [6.07, 6.45) is 3.47. The molecule has 4 atom stereocenters. The average molecular weight is 931 g/mol. The van der Waals surface area contributed by atoms with Crippen molar-refractivity contribution >= 4 is 68.9 Å². The molecule has 1 saturated heterocycles. The van der Waals surface area contributed by atoms with E-state index in [1.165, 1.54) is 28.2 Å². The molecular weight excluding hydrogens is 869 g/mol. The van der Waals surface area contributed by atoms with Gasteiger partial charge in [-0.3, -0.25) is 24.0 Å². The summed E-state index contributed by atoms with van der Waals surface area (Å²) < 4.78 is 21.0. The van der Waals surface area contributed by atoms with E-state index in [9.17, 15) is 19.2 Å². The molecule has 5 N–H and O–H groups in total. The van der Waals surface area contributed by atoms with Crippen molar-refractivity contribution in [2.45, 2.75) is 107 Å². The van der Waals surface area contributed by atoms with Gasteiger partial charge in [0.05, 0.1) is 29.8 Å². The summed E-state index contributed by atoms with van der Waals surface area (Å²) in [5, 5.41) is 22.1. The molecule has 0 spiro atoms.